The van der Waals surface area contributed by atoms with E-state index in [2.05, 4.69) is 4.98 Å². The van der Waals surface area contributed by atoms with Crippen LogP contribution in [0.3, 0.4) is 0 Å². The van der Waals surface area contributed by atoms with Crippen molar-refractivity contribution < 1.29 is 22.4 Å². The Hall–Kier alpha value is -1.60. The lowest BCUT2D eigenvalue weighted by Gasteiger charge is -2.31. The summed E-state index contributed by atoms with van der Waals surface area (Å²) >= 11 is 0. The van der Waals surface area contributed by atoms with E-state index in [1.54, 1.807) is 19.1 Å². The number of nitrogens with zero attached hydrogens (tertiary/aromatic N) is 1. The van der Waals surface area contributed by atoms with Gasteiger partial charge in [0.1, 0.15) is 5.76 Å². The molecule has 3 rings (SSSR count). The van der Waals surface area contributed by atoms with E-state index in [0.29, 0.717) is 30.1 Å². The van der Waals surface area contributed by atoms with Gasteiger partial charge in [-0.25, -0.2) is 13.4 Å². The van der Waals surface area contributed by atoms with Crippen LogP contribution in [0.2, 0.25) is 0 Å². The highest BCUT2D eigenvalue weighted by molar-refractivity contribution is 7.90. The monoisotopic (exact) mass is 339 g/mol. The van der Waals surface area contributed by atoms with Crippen molar-refractivity contribution in [2.75, 3.05) is 5.75 Å². The maximum atomic E-state index is 12.5. The van der Waals surface area contributed by atoms with Crippen molar-refractivity contribution in [1.82, 2.24) is 4.98 Å². The molecule has 0 radical (unpaired) electrons. The van der Waals surface area contributed by atoms with Gasteiger partial charge in [0, 0.05) is 0 Å². The molecule has 23 heavy (non-hydrogen) atoms. The summed E-state index contributed by atoms with van der Waals surface area (Å²) in [5.41, 5.74) is -0.728. The largest absolute Gasteiger partial charge is 0.459 e. The van der Waals surface area contributed by atoms with E-state index in [9.17, 15) is 13.5 Å². The van der Waals surface area contributed by atoms with E-state index in [-0.39, 0.29) is 17.4 Å². The van der Waals surface area contributed by atoms with E-state index >= 15 is 0 Å². The average Bonchev–Trinajstić information content (AvgIpc) is 3.08. The van der Waals surface area contributed by atoms with E-state index in [4.69, 9.17) is 8.83 Å². The topological polar surface area (TPSA) is 93.5 Å². The Morgan fingerprint density at radius 2 is 2.04 bits per heavy atom. The number of furan rings is 1. The summed E-state index contributed by atoms with van der Waals surface area (Å²) in [6.07, 6.45) is 5.39. The molecule has 1 fully saturated rings. The summed E-state index contributed by atoms with van der Waals surface area (Å²) in [5.74, 6) is 0.737. The van der Waals surface area contributed by atoms with Crippen LogP contribution in [0.4, 0.5) is 0 Å². The molecule has 0 aliphatic heterocycles. The molecular weight excluding hydrogens is 318 g/mol. The lowest BCUT2D eigenvalue weighted by Crippen LogP contribution is -2.39. The number of aliphatic hydroxyl groups is 1. The molecule has 0 aromatic carbocycles. The van der Waals surface area contributed by atoms with Gasteiger partial charge in [0.05, 0.1) is 29.1 Å². The third-order valence-electron chi connectivity index (χ3n) is 4.25. The molecule has 0 saturated heterocycles. The second-order valence-electron chi connectivity index (χ2n) is 6.32. The highest BCUT2D eigenvalue weighted by Gasteiger charge is 2.35. The molecule has 0 bridgehead atoms. The molecular formula is C16H21NO5S. The summed E-state index contributed by atoms with van der Waals surface area (Å²) in [7, 11) is -3.47. The van der Waals surface area contributed by atoms with Crippen molar-refractivity contribution >= 4 is 9.84 Å². The summed E-state index contributed by atoms with van der Waals surface area (Å²) in [4.78, 5) is 4.23. The first kappa shape index (κ1) is 16.3. The van der Waals surface area contributed by atoms with Crippen LogP contribution in [0, 0.1) is 6.92 Å². The summed E-state index contributed by atoms with van der Waals surface area (Å²) in [6, 6.07) is 3.41. The zero-order valence-corrected chi connectivity index (χ0v) is 13.9. The zero-order chi connectivity index (χ0) is 16.5. The Kier molecular flexibility index (Phi) is 4.33. The molecule has 1 N–H and O–H groups in total. The first-order valence-corrected chi connectivity index (χ1v) is 9.62. The van der Waals surface area contributed by atoms with Gasteiger partial charge in [-0.3, -0.25) is 0 Å². The van der Waals surface area contributed by atoms with Gasteiger partial charge in [0.15, 0.2) is 15.6 Å². The van der Waals surface area contributed by atoms with Crippen LogP contribution in [-0.4, -0.2) is 29.9 Å². The maximum Gasteiger partial charge on any atom is 0.263 e. The van der Waals surface area contributed by atoms with Gasteiger partial charge in [0.25, 0.3) is 5.89 Å². The molecule has 126 valence electrons. The van der Waals surface area contributed by atoms with Crippen LogP contribution in [0.15, 0.2) is 27.2 Å². The summed E-state index contributed by atoms with van der Waals surface area (Å²) in [5, 5.41) is 10.5. The van der Waals surface area contributed by atoms with E-state index in [1.807, 2.05) is 0 Å². The number of oxazole rings is 1. The summed E-state index contributed by atoms with van der Waals surface area (Å²) < 4.78 is 35.6. The zero-order valence-electron chi connectivity index (χ0n) is 13.1. The SMILES string of the molecule is Cc1oc(-c2ccco2)nc1CS(=O)(=O)CC1(O)CCCCC1. The predicted molar refractivity (Wildman–Crippen MR) is 84.5 cm³/mol. The normalized spacial score (nSPS) is 18.2. The molecule has 1 saturated carbocycles. The van der Waals surface area contributed by atoms with E-state index < -0.39 is 15.4 Å². The fourth-order valence-electron chi connectivity index (χ4n) is 3.09. The lowest BCUT2D eigenvalue weighted by atomic mass is 9.86. The minimum Gasteiger partial charge on any atom is -0.459 e. The third-order valence-corrected chi connectivity index (χ3v) is 5.94. The third kappa shape index (κ3) is 3.84. The number of aryl methyl sites for hydroxylation is 1. The molecule has 1 aliphatic rings. The van der Waals surface area contributed by atoms with Crippen molar-refractivity contribution in [3.8, 4) is 11.7 Å². The van der Waals surface area contributed by atoms with Crippen molar-refractivity contribution in [1.29, 1.82) is 0 Å². The van der Waals surface area contributed by atoms with Gasteiger partial charge in [-0.2, -0.15) is 0 Å². The van der Waals surface area contributed by atoms with E-state index in [1.165, 1.54) is 6.26 Å². The van der Waals surface area contributed by atoms with E-state index in [0.717, 1.165) is 19.3 Å². The number of rotatable bonds is 5. The van der Waals surface area contributed by atoms with Crippen LogP contribution >= 0.6 is 0 Å². The minimum atomic E-state index is -3.47. The van der Waals surface area contributed by atoms with Gasteiger partial charge in [-0.15, -0.1) is 0 Å². The van der Waals surface area contributed by atoms with Gasteiger partial charge < -0.3 is 13.9 Å². The Labute approximate surface area is 135 Å². The number of hydrogen-bond acceptors (Lipinski definition) is 6. The van der Waals surface area contributed by atoms with Gasteiger partial charge >= 0.3 is 0 Å². The van der Waals surface area contributed by atoms with Crippen LogP contribution in [-0.2, 0) is 15.6 Å². The van der Waals surface area contributed by atoms with Crippen LogP contribution in [0.5, 0.6) is 0 Å². The average molecular weight is 339 g/mol. The summed E-state index contributed by atoms with van der Waals surface area (Å²) in [6.45, 7) is 1.68. The molecule has 0 spiro atoms. The minimum absolute atomic E-state index is 0.220. The van der Waals surface area contributed by atoms with Crippen molar-refractivity contribution in [2.45, 2.75) is 50.4 Å². The smallest absolute Gasteiger partial charge is 0.263 e. The second kappa shape index (κ2) is 6.13. The Morgan fingerprint density at radius 3 is 2.70 bits per heavy atom. The molecule has 6 nitrogen and oxygen atoms in total. The number of aromatic nitrogens is 1. The second-order valence-corrected chi connectivity index (χ2v) is 8.38. The first-order valence-electron chi connectivity index (χ1n) is 7.80. The first-order chi connectivity index (χ1) is 10.9. The Balaban J connectivity index is 1.75. The molecule has 7 heteroatoms. The predicted octanol–water partition coefficient (Wildman–Crippen LogP) is 2.85. The van der Waals surface area contributed by atoms with Crippen molar-refractivity contribution in [3.05, 3.63) is 29.9 Å². The Morgan fingerprint density at radius 1 is 1.30 bits per heavy atom. The highest BCUT2D eigenvalue weighted by Crippen LogP contribution is 2.30. The molecule has 0 atom stereocenters. The Bertz CT molecular complexity index is 755. The van der Waals surface area contributed by atoms with Gasteiger partial charge in [0.2, 0.25) is 0 Å². The van der Waals surface area contributed by atoms with Crippen LogP contribution in [0.25, 0.3) is 11.7 Å². The van der Waals surface area contributed by atoms with Crippen molar-refractivity contribution in [3.63, 3.8) is 0 Å². The number of hydrogen-bond donors (Lipinski definition) is 1. The fourth-order valence-corrected chi connectivity index (χ4v) is 4.98. The molecule has 0 unspecified atom stereocenters. The molecule has 1 aliphatic carbocycles. The molecule has 2 aromatic heterocycles. The maximum absolute atomic E-state index is 12.5. The standard InChI is InChI=1S/C16H21NO5S/c1-12-13(17-15(22-12)14-6-5-9-21-14)10-23(19,20)11-16(18)7-3-2-4-8-16/h5-6,9,18H,2-4,7-8,10-11H2,1H3. The number of sulfone groups is 1. The molecule has 2 aromatic rings. The molecule has 2 heterocycles. The van der Waals surface area contributed by atoms with Crippen molar-refractivity contribution in [2.24, 2.45) is 0 Å². The lowest BCUT2D eigenvalue weighted by molar-refractivity contribution is 0.0257. The van der Waals surface area contributed by atoms with Gasteiger partial charge in [-0.1, -0.05) is 19.3 Å². The molecule has 0 amide bonds. The van der Waals surface area contributed by atoms with Crippen LogP contribution in [0.1, 0.15) is 43.6 Å². The van der Waals surface area contributed by atoms with Gasteiger partial charge in [-0.05, 0) is 31.9 Å². The fraction of sp³-hybridized carbons (Fsp3) is 0.562. The highest BCUT2D eigenvalue weighted by atomic mass is 32.2. The quantitative estimate of drug-likeness (QED) is 0.900. The van der Waals surface area contributed by atoms with Crippen LogP contribution < -0.4 is 0 Å².